The fourth-order valence-corrected chi connectivity index (χ4v) is 2.08. The fourth-order valence-electron chi connectivity index (χ4n) is 2.08. The first-order chi connectivity index (χ1) is 7.74. The van der Waals surface area contributed by atoms with E-state index in [-0.39, 0.29) is 11.9 Å². The van der Waals surface area contributed by atoms with Gasteiger partial charge in [0, 0.05) is 11.4 Å². The molecule has 0 heterocycles. The number of hydrogen-bond acceptors (Lipinski definition) is 1. The van der Waals surface area contributed by atoms with Crippen LogP contribution in [0.3, 0.4) is 0 Å². The Morgan fingerprint density at radius 3 is 2.50 bits per heavy atom. The van der Waals surface area contributed by atoms with E-state index in [1.165, 1.54) is 0 Å². The normalized spacial score (nSPS) is 12.9. The van der Waals surface area contributed by atoms with Crippen LogP contribution in [0.5, 0.6) is 0 Å². The lowest BCUT2D eigenvalue weighted by atomic mass is 9.99. The highest BCUT2D eigenvalue weighted by Crippen LogP contribution is 2.26. The first-order valence-electron chi connectivity index (χ1n) is 5.64. The van der Waals surface area contributed by atoms with Gasteiger partial charge < -0.3 is 5.32 Å². The van der Waals surface area contributed by atoms with Crippen molar-refractivity contribution in [3.05, 3.63) is 47.8 Å². The van der Waals surface area contributed by atoms with Crippen LogP contribution in [0.25, 0.3) is 10.8 Å². The van der Waals surface area contributed by atoms with Crippen molar-refractivity contribution in [1.29, 1.82) is 0 Å². The zero-order valence-corrected chi connectivity index (χ0v) is 9.63. The minimum atomic E-state index is -0.150. The quantitative estimate of drug-likeness (QED) is 0.827. The van der Waals surface area contributed by atoms with E-state index < -0.39 is 0 Å². The molecule has 0 aliphatic heterocycles. The summed E-state index contributed by atoms with van der Waals surface area (Å²) in [5, 5.41) is 5.05. The Morgan fingerprint density at radius 1 is 1.12 bits per heavy atom. The molecule has 0 aromatic heterocycles. The number of halogens is 1. The summed E-state index contributed by atoms with van der Waals surface area (Å²) >= 11 is 0. The van der Waals surface area contributed by atoms with Crippen molar-refractivity contribution in [2.75, 3.05) is 6.54 Å². The Labute approximate surface area is 95.3 Å². The number of nitrogens with one attached hydrogen (secondary N) is 1. The van der Waals surface area contributed by atoms with Gasteiger partial charge in [-0.1, -0.05) is 37.3 Å². The van der Waals surface area contributed by atoms with Gasteiger partial charge in [-0.25, -0.2) is 4.39 Å². The van der Waals surface area contributed by atoms with Gasteiger partial charge in [0.15, 0.2) is 0 Å². The first kappa shape index (κ1) is 11.1. The van der Waals surface area contributed by atoms with Crippen molar-refractivity contribution in [2.45, 2.75) is 19.9 Å². The number of fused-ring (bicyclic) bond motifs is 1. The zero-order chi connectivity index (χ0) is 11.5. The first-order valence-corrected chi connectivity index (χ1v) is 5.64. The summed E-state index contributed by atoms with van der Waals surface area (Å²) in [7, 11) is 0. The molecular formula is C14H16FN. The number of benzene rings is 2. The maximum Gasteiger partial charge on any atom is 0.131 e. The average molecular weight is 217 g/mol. The molecule has 0 aliphatic carbocycles. The molecule has 2 aromatic rings. The molecule has 1 unspecified atom stereocenters. The summed E-state index contributed by atoms with van der Waals surface area (Å²) in [6.45, 7) is 5.08. The predicted molar refractivity (Wildman–Crippen MR) is 66.0 cm³/mol. The van der Waals surface area contributed by atoms with Gasteiger partial charge in [-0.3, -0.25) is 0 Å². The minimum absolute atomic E-state index is 0.150. The predicted octanol–water partition coefficient (Wildman–Crippen LogP) is 3.65. The second-order valence-electron chi connectivity index (χ2n) is 3.96. The highest BCUT2D eigenvalue weighted by atomic mass is 19.1. The van der Waals surface area contributed by atoms with E-state index >= 15 is 0 Å². The lowest BCUT2D eigenvalue weighted by Gasteiger charge is -2.15. The largest absolute Gasteiger partial charge is 0.310 e. The third kappa shape index (κ3) is 1.93. The Bertz CT molecular complexity index is 493. The SMILES string of the molecule is CCNC(C)c1ccc(F)c2ccccc12. The summed E-state index contributed by atoms with van der Waals surface area (Å²) in [6.07, 6.45) is 0. The van der Waals surface area contributed by atoms with Crippen molar-refractivity contribution in [1.82, 2.24) is 5.32 Å². The minimum Gasteiger partial charge on any atom is -0.310 e. The molecule has 84 valence electrons. The zero-order valence-electron chi connectivity index (χ0n) is 9.63. The Kier molecular flexibility index (Phi) is 3.20. The number of rotatable bonds is 3. The highest BCUT2D eigenvalue weighted by molar-refractivity contribution is 5.86. The summed E-state index contributed by atoms with van der Waals surface area (Å²) in [6, 6.07) is 11.3. The molecular weight excluding hydrogens is 201 g/mol. The molecule has 0 fully saturated rings. The van der Waals surface area contributed by atoms with Gasteiger partial charge in [-0.2, -0.15) is 0 Å². The van der Waals surface area contributed by atoms with Crippen LogP contribution >= 0.6 is 0 Å². The molecule has 2 heteroatoms. The molecule has 2 rings (SSSR count). The summed E-state index contributed by atoms with van der Waals surface area (Å²) in [5.74, 6) is -0.150. The fraction of sp³-hybridized carbons (Fsp3) is 0.286. The van der Waals surface area contributed by atoms with Crippen molar-refractivity contribution in [3.63, 3.8) is 0 Å². The van der Waals surface area contributed by atoms with Gasteiger partial charge >= 0.3 is 0 Å². The van der Waals surface area contributed by atoms with Crippen LogP contribution in [-0.4, -0.2) is 6.54 Å². The molecule has 0 spiro atoms. The van der Waals surface area contributed by atoms with Crippen molar-refractivity contribution < 1.29 is 4.39 Å². The van der Waals surface area contributed by atoms with Gasteiger partial charge in [0.2, 0.25) is 0 Å². The van der Waals surface area contributed by atoms with Gasteiger partial charge in [-0.15, -0.1) is 0 Å². The van der Waals surface area contributed by atoms with Gasteiger partial charge in [0.05, 0.1) is 0 Å². The highest BCUT2D eigenvalue weighted by Gasteiger charge is 2.10. The Morgan fingerprint density at radius 2 is 1.81 bits per heavy atom. The van der Waals surface area contributed by atoms with Gasteiger partial charge in [-0.05, 0) is 30.5 Å². The topological polar surface area (TPSA) is 12.0 Å². The molecule has 0 bridgehead atoms. The van der Waals surface area contributed by atoms with Crippen molar-refractivity contribution >= 4 is 10.8 Å². The second-order valence-corrected chi connectivity index (χ2v) is 3.96. The van der Waals surface area contributed by atoms with Gasteiger partial charge in [0.25, 0.3) is 0 Å². The van der Waals surface area contributed by atoms with E-state index in [9.17, 15) is 4.39 Å². The van der Waals surface area contributed by atoms with Crippen LogP contribution < -0.4 is 5.32 Å². The lowest BCUT2D eigenvalue weighted by Crippen LogP contribution is -2.18. The molecule has 0 saturated carbocycles. The second kappa shape index (κ2) is 4.62. The van der Waals surface area contributed by atoms with E-state index in [4.69, 9.17) is 0 Å². The third-order valence-corrected chi connectivity index (χ3v) is 2.88. The molecule has 0 saturated heterocycles. The van der Waals surface area contributed by atoms with Crippen molar-refractivity contribution in [2.24, 2.45) is 0 Å². The van der Waals surface area contributed by atoms with Crippen LogP contribution in [0.4, 0.5) is 4.39 Å². The molecule has 0 radical (unpaired) electrons. The van der Waals surface area contributed by atoms with E-state index in [0.29, 0.717) is 5.39 Å². The lowest BCUT2D eigenvalue weighted by molar-refractivity contribution is 0.598. The van der Waals surface area contributed by atoms with Crippen LogP contribution in [-0.2, 0) is 0 Å². The monoisotopic (exact) mass is 217 g/mol. The maximum absolute atomic E-state index is 13.6. The van der Waals surface area contributed by atoms with Crippen LogP contribution in [0, 0.1) is 5.82 Å². The molecule has 2 aromatic carbocycles. The summed E-state index contributed by atoms with van der Waals surface area (Å²) < 4.78 is 13.6. The van der Waals surface area contributed by atoms with Crippen LogP contribution in [0.1, 0.15) is 25.5 Å². The summed E-state index contributed by atoms with van der Waals surface area (Å²) in [4.78, 5) is 0. The standard InChI is InChI=1S/C14H16FN/c1-3-16-10(2)11-8-9-14(15)13-7-5-4-6-12(11)13/h4-10,16H,3H2,1-2H3. The number of hydrogen-bond donors (Lipinski definition) is 1. The third-order valence-electron chi connectivity index (χ3n) is 2.88. The molecule has 1 N–H and O–H groups in total. The Hall–Kier alpha value is -1.41. The molecule has 1 nitrogen and oxygen atoms in total. The van der Waals surface area contributed by atoms with Crippen molar-refractivity contribution in [3.8, 4) is 0 Å². The molecule has 16 heavy (non-hydrogen) atoms. The van der Waals surface area contributed by atoms with Gasteiger partial charge in [0.1, 0.15) is 5.82 Å². The molecule has 0 aliphatic rings. The smallest absolute Gasteiger partial charge is 0.131 e. The van der Waals surface area contributed by atoms with E-state index in [1.54, 1.807) is 6.07 Å². The molecule has 1 atom stereocenters. The maximum atomic E-state index is 13.6. The molecule has 0 amide bonds. The van der Waals surface area contributed by atoms with E-state index in [0.717, 1.165) is 17.5 Å². The summed E-state index contributed by atoms with van der Waals surface area (Å²) in [5.41, 5.74) is 1.15. The van der Waals surface area contributed by atoms with Crippen LogP contribution in [0.15, 0.2) is 36.4 Å². The Balaban J connectivity index is 2.58. The van der Waals surface area contributed by atoms with Crippen LogP contribution in [0.2, 0.25) is 0 Å². The van der Waals surface area contributed by atoms with E-state index in [2.05, 4.69) is 19.2 Å². The van der Waals surface area contributed by atoms with E-state index in [1.807, 2.05) is 30.3 Å². The average Bonchev–Trinajstić information content (AvgIpc) is 2.30.